The molecule has 1 aliphatic rings. The molecule has 1 amide bonds. The summed E-state index contributed by atoms with van der Waals surface area (Å²) >= 11 is 0. The van der Waals surface area contributed by atoms with Gasteiger partial charge < -0.3 is 14.9 Å². The molecule has 0 aliphatic heterocycles. The second kappa shape index (κ2) is 6.19. The fourth-order valence-corrected chi connectivity index (χ4v) is 2.79. The molecule has 0 bridgehead atoms. The van der Waals surface area contributed by atoms with Crippen LogP contribution in [0.25, 0.3) is 0 Å². The fourth-order valence-electron chi connectivity index (χ4n) is 2.79. The molecule has 0 aromatic carbocycles. The molecule has 5 heteroatoms. The second-order valence-electron chi connectivity index (χ2n) is 5.38. The molecule has 2 unspecified atom stereocenters. The van der Waals surface area contributed by atoms with E-state index in [0.717, 1.165) is 36.9 Å². The van der Waals surface area contributed by atoms with Gasteiger partial charge in [-0.3, -0.25) is 4.79 Å². The zero-order valence-electron chi connectivity index (χ0n) is 11.6. The highest BCUT2D eigenvalue weighted by atomic mass is 16.5. The lowest BCUT2D eigenvalue weighted by Gasteiger charge is -2.30. The Balaban J connectivity index is 1.93. The largest absolute Gasteiger partial charge is 0.396 e. The normalized spacial score (nSPS) is 23.3. The summed E-state index contributed by atoms with van der Waals surface area (Å²) < 4.78 is 5.06. The number of carbonyl (C=O) groups excluding carboxylic acids is 1. The molecule has 0 spiro atoms. The van der Waals surface area contributed by atoms with Crippen LogP contribution in [0, 0.1) is 19.8 Å². The van der Waals surface area contributed by atoms with E-state index in [1.54, 1.807) is 0 Å². The van der Waals surface area contributed by atoms with Crippen LogP contribution in [0.15, 0.2) is 4.52 Å². The number of aromatic nitrogens is 1. The number of amides is 1. The van der Waals surface area contributed by atoms with Gasteiger partial charge in [-0.05, 0) is 26.7 Å². The Bertz CT molecular complexity index is 422. The number of aliphatic hydroxyl groups is 1. The van der Waals surface area contributed by atoms with Crippen LogP contribution in [0.2, 0.25) is 0 Å². The van der Waals surface area contributed by atoms with Crippen LogP contribution in [0.4, 0.5) is 0 Å². The quantitative estimate of drug-likeness (QED) is 0.866. The first-order valence-corrected chi connectivity index (χ1v) is 6.93. The smallest absolute Gasteiger partial charge is 0.224 e. The van der Waals surface area contributed by atoms with E-state index in [1.165, 1.54) is 0 Å². The third-order valence-corrected chi connectivity index (χ3v) is 4.01. The van der Waals surface area contributed by atoms with Crippen LogP contribution in [0.1, 0.15) is 42.7 Å². The first-order chi connectivity index (χ1) is 9.11. The topological polar surface area (TPSA) is 75.4 Å². The lowest BCUT2D eigenvalue weighted by Crippen LogP contribution is -2.44. The Morgan fingerprint density at radius 3 is 2.79 bits per heavy atom. The van der Waals surface area contributed by atoms with Gasteiger partial charge in [0.2, 0.25) is 5.91 Å². The van der Waals surface area contributed by atoms with E-state index in [-0.39, 0.29) is 24.5 Å². The van der Waals surface area contributed by atoms with Crippen LogP contribution in [-0.4, -0.2) is 28.8 Å². The van der Waals surface area contributed by atoms with E-state index >= 15 is 0 Å². The summed E-state index contributed by atoms with van der Waals surface area (Å²) in [7, 11) is 0. The highest BCUT2D eigenvalue weighted by Crippen LogP contribution is 2.24. The van der Waals surface area contributed by atoms with Crippen molar-refractivity contribution in [2.24, 2.45) is 5.92 Å². The number of aliphatic hydroxyl groups excluding tert-OH is 1. The molecule has 19 heavy (non-hydrogen) atoms. The summed E-state index contributed by atoms with van der Waals surface area (Å²) in [4.78, 5) is 12.1. The van der Waals surface area contributed by atoms with E-state index in [2.05, 4.69) is 10.5 Å². The summed E-state index contributed by atoms with van der Waals surface area (Å²) in [6.45, 7) is 3.81. The number of hydrogen-bond donors (Lipinski definition) is 2. The highest BCUT2D eigenvalue weighted by Gasteiger charge is 2.26. The monoisotopic (exact) mass is 266 g/mol. The molecular weight excluding hydrogens is 244 g/mol. The number of hydrogen-bond acceptors (Lipinski definition) is 4. The molecule has 2 rings (SSSR count). The average molecular weight is 266 g/mol. The molecule has 1 fully saturated rings. The van der Waals surface area contributed by atoms with Crippen molar-refractivity contribution in [2.75, 3.05) is 6.61 Å². The van der Waals surface area contributed by atoms with Gasteiger partial charge in [-0.25, -0.2) is 0 Å². The van der Waals surface area contributed by atoms with Crippen molar-refractivity contribution in [3.05, 3.63) is 17.0 Å². The van der Waals surface area contributed by atoms with Gasteiger partial charge in [0.15, 0.2) is 0 Å². The predicted octanol–water partition coefficient (Wildman–Crippen LogP) is 1.50. The Hall–Kier alpha value is -1.36. The van der Waals surface area contributed by atoms with E-state index < -0.39 is 0 Å². The van der Waals surface area contributed by atoms with E-state index in [1.807, 2.05) is 13.8 Å². The average Bonchev–Trinajstić information content (AvgIpc) is 2.71. The van der Waals surface area contributed by atoms with Crippen molar-refractivity contribution >= 4 is 5.91 Å². The Labute approximate surface area is 113 Å². The van der Waals surface area contributed by atoms with Gasteiger partial charge in [-0.2, -0.15) is 0 Å². The van der Waals surface area contributed by atoms with Gasteiger partial charge >= 0.3 is 0 Å². The Morgan fingerprint density at radius 1 is 1.42 bits per heavy atom. The third-order valence-electron chi connectivity index (χ3n) is 4.01. The van der Waals surface area contributed by atoms with Crippen LogP contribution >= 0.6 is 0 Å². The summed E-state index contributed by atoms with van der Waals surface area (Å²) in [5.41, 5.74) is 1.64. The molecule has 1 aromatic rings. The van der Waals surface area contributed by atoms with E-state index in [4.69, 9.17) is 4.52 Å². The van der Waals surface area contributed by atoms with Crippen LogP contribution in [0.3, 0.4) is 0 Å². The van der Waals surface area contributed by atoms with Gasteiger partial charge in [-0.1, -0.05) is 18.0 Å². The Kier molecular flexibility index (Phi) is 4.58. The van der Waals surface area contributed by atoms with Crippen molar-refractivity contribution in [1.82, 2.24) is 10.5 Å². The first-order valence-electron chi connectivity index (χ1n) is 6.93. The van der Waals surface area contributed by atoms with Gasteiger partial charge in [0.05, 0.1) is 12.1 Å². The molecule has 1 heterocycles. The SMILES string of the molecule is Cc1noc(C)c1CC(=O)NC1CCCCC1CO. The molecule has 2 atom stereocenters. The van der Waals surface area contributed by atoms with Gasteiger partial charge in [0.25, 0.3) is 0 Å². The van der Waals surface area contributed by atoms with E-state index in [0.29, 0.717) is 12.2 Å². The predicted molar refractivity (Wildman–Crippen MR) is 70.7 cm³/mol. The molecular formula is C14H22N2O3. The second-order valence-corrected chi connectivity index (χ2v) is 5.38. The molecule has 0 saturated heterocycles. The lowest BCUT2D eigenvalue weighted by molar-refractivity contribution is -0.121. The van der Waals surface area contributed by atoms with Gasteiger partial charge in [0, 0.05) is 24.1 Å². The van der Waals surface area contributed by atoms with Gasteiger partial charge in [-0.15, -0.1) is 0 Å². The molecule has 2 N–H and O–H groups in total. The van der Waals surface area contributed by atoms with Crippen LogP contribution < -0.4 is 5.32 Å². The minimum absolute atomic E-state index is 0.0141. The maximum absolute atomic E-state index is 12.1. The lowest BCUT2D eigenvalue weighted by atomic mass is 9.85. The summed E-state index contributed by atoms with van der Waals surface area (Å²) in [6, 6.07) is 0.103. The summed E-state index contributed by atoms with van der Waals surface area (Å²) in [5.74, 6) is 0.886. The van der Waals surface area contributed by atoms with Crippen molar-refractivity contribution in [3.8, 4) is 0 Å². The van der Waals surface area contributed by atoms with Crippen LogP contribution in [-0.2, 0) is 11.2 Å². The molecule has 106 valence electrons. The van der Waals surface area contributed by atoms with Crippen molar-refractivity contribution in [2.45, 2.75) is 52.0 Å². The molecule has 0 radical (unpaired) electrons. The molecule has 1 aromatic heterocycles. The third kappa shape index (κ3) is 3.35. The number of aryl methyl sites for hydroxylation is 2. The zero-order chi connectivity index (χ0) is 13.8. The van der Waals surface area contributed by atoms with Crippen molar-refractivity contribution < 1.29 is 14.4 Å². The zero-order valence-corrected chi connectivity index (χ0v) is 11.6. The molecule has 1 aliphatic carbocycles. The number of carbonyl (C=O) groups is 1. The minimum Gasteiger partial charge on any atom is -0.396 e. The maximum atomic E-state index is 12.1. The summed E-state index contributed by atoms with van der Waals surface area (Å²) in [5, 5.41) is 16.2. The number of nitrogens with one attached hydrogen (secondary N) is 1. The van der Waals surface area contributed by atoms with E-state index in [9.17, 15) is 9.90 Å². The first kappa shape index (κ1) is 14.1. The Morgan fingerprint density at radius 2 is 2.16 bits per heavy atom. The van der Waals surface area contributed by atoms with Crippen LogP contribution in [0.5, 0.6) is 0 Å². The molecule has 1 saturated carbocycles. The highest BCUT2D eigenvalue weighted by molar-refractivity contribution is 5.79. The van der Waals surface area contributed by atoms with Gasteiger partial charge in [0.1, 0.15) is 5.76 Å². The minimum atomic E-state index is -0.0141. The summed E-state index contributed by atoms with van der Waals surface area (Å²) in [6.07, 6.45) is 4.51. The standard InChI is InChI=1S/C14H22N2O3/c1-9-12(10(2)19-16-9)7-14(18)15-13-6-4-3-5-11(13)8-17/h11,13,17H,3-8H2,1-2H3,(H,15,18). The maximum Gasteiger partial charge on any atom is 0.224 e. The molecule has 5 nitrogen and oxygen atoms in total. The van der Waals surface area contributed by atoms with Crippen molar-refractivity contribution in [1.29, 1.82) is 0 Å². The fraction of sp³-hybridized carbons (Fsp3) is 0.714. The number of nitrogens with zero attached hydrogens (tertiary/aromatic N) is 1. The van der Waals surface area contributed by atoms with Crippen molar-refractivity contribution in [3.63, 3.8) is 0 Å². The number of rotatable bonds is 4.